The Labute approximate surface area is 177 Å². The molecule has 3 rings (SSSR count). The average Bonchev–Trinajstić information content (AvgIpc) is 3.18. The summed E-state index contributed by atoms with van der Waals surface area (Å²) in [5.74, 6) is -2.30. The summed E-state index contributed by atoms with van der Waals surface area (Å²) in [4.78, 5) is 30.0. The lowest BCUT2D eigenvalue weighted by Gasteiger charge is -2.32. The van der Waals surface area contributed by atoms with Gasteiger partial charge in [-0.05, 0) is 18.6 Å². The van der Waals surface area contributed by atoms with Gasteiger partial charge in [-0.2, -0.15) is 13.2 Å². The number of nitrogens with one attached hydrogen (secondary N) is 2. The molecule has 0 bridgehead atoms. The Morgan fingerprint density at radius 3 is 2.58 bits per heavy atom. The van der Waals surface area contributed by atoms with Gasteiger partial charge in [0.25, 0.3) is 5.91 Å². The minimum absolute atomic E-state index is 0.00875. The molecule has 1 aromatic carbocycles. The molecule has 9 nitrogen and oxygen atoms in total. The minimum atomic E-state index is -4.84. The second kappa shape index (κ2) is 9.10. The third-order valence-electron chi connectivity index (χ3n) is 5.40. The van der Waals surface area contributed by atoms with Crippen molar-refractivity contribution in [1.82, 2.24) is 15.5 Å². The fourth-order valence-electron chi connectivity index (χ4n) is 3.86. The Hall–Kier alpha value is -2.86. The van der Waals surface area contributed by atoms with Gasteiger partial charge in [-0.3, -0.25) is 14.6 Å². The SMILES string of the molecule is NC(=O)C1N=CNC1(C(N)=O)c1ccc(OCCCN2CCNCC2)cc1C(F)(F)F. The summed E-state index contributed by atoms with van der Waals surface area (Å²) in [6.07, 6.45) is -3.24. The normalized spacial score (nSPS) is 24.0. The summed E-state index contributed by atoms with van der Waals surface area (Å²) in [5, 5.41) is 5.66. The first-order valence-electron chi connectivity index (χ1n) is 9.82. The quantitative estimate of drug-likeness (QED) is 0.403. The van der Waals surface area contributed by atoms with E-state index in [4.69, 9.17) is 16.2 Å². The van der Waals surface area contributed by atoms with Crippen LogP contribution >= 0.6 is 0 Å². The first-order chi connectivity index (χ1) is 14.7. The first kappa shape index (κ1) is 22.8. The molecule has 6 N–H and O–H groups in total. The number of nitrogens with two attached hydrogens (primary N) is 2. The molecule has 2 amide bonds. The Bertz CT molecular complexity index is 857. The van der Waals surface area contributed by atoms with Crippen molar-refractivity contribution in [2.24, 2.45) is 16.5 Å². The molecule has 31 heavy (non-hydrogen) atoms. The van der Waals surface area contributed by atoms with Crippen LogP contribution in [0, 0.1) is 0 Å². The van der Waals surface area contributed by atoms with Gasteiger partial charge < -0.3 is 31.7 Å². The maximum Gasteiger partial charge on any atom is 0.416 e. The summed E-state index contributed by atoms with van der Waals surface area (Å²) >= 11 is 0. The van der Waals surface area contributed by atoms with Gasteiger partial charge in [-0.15, -0.1) is 0 Å². The van der Waals surface area contributed by atoms with E-state index in [9.17, 15) is 22.8 Å². The van der Waals surface area contributed by atoms with Crippen LogP contribution in [0.1, 0.15) is 17.5 Å². The molecule has 2 heterocycles. The van der Waals surface area contributed by atoms with Crippen molar-refractivity contribution in [2.45, 2.75) is 24.2 Å². The van der Waals surface area contributed by atoms with Crippen molar-refractivity contribution in [2.75, 3.05) is 39.3 Å². The molecule has 2 unspecified atom stereocenters. The van der Waals surface area contributed by atoms with Crippen LogP contribution in [0.5, 0.6) is 5.75 Å². The average molecular weight is 442 g/mol. The van der Waals surface area contributed by atoms with Crippen LogP contribution in [0.4, 0.5) is 13.2 Å². The van der Waals surface area contributed by atoms with Crippen LogP contribution in [0.15, 0.2) is 23.2 Å². The Kier molecular flexibility index (Phi) is 6.70. The van der Waals surface area contributed by atoms with Gasteiger partial charge in [0.15, 0.2) is 11.6 Å². The number of carbonyl (C=O) groups excluding carboxylic acids is 2. The van der Waals surface area contributed by atoms with E-state index in [0.717, 1.165) is 51.2 Å². The lowest BCUT2D eigenvalue weighted by molar-refractivity contribution is -0.140. The van der Waals surface area contributed by atoms with E-state index in [1.54, 1.807) is 0 Å². The zero-order valence-corrected chi connectivity index (χ0v) is 16.7. The number of halogens is 3. The number of amides is 2. The molecule has 0 radical (unpaired) electrons. The van der Waals surface area contributed by atoms with E-state index < -0.39 is 40.7 Å². The van der Waals surface area contributed by atoms with Crippen molar-refractivity contribution in [1.29, 1.82) is 0 Å². The smallest absolute Gasteiger partial charge is 0.416 e. The Morgan fingerprint density at radius 2 is 1.97 bits per heavy atom. The van der Waals surface area contributed by atoms with Crippen molar-refractivity contribution in [3.05, 3.63) is 29.3 Å². The highest BCUT2D eigenvalue weighted by Gasteiger charge is 2.55. The molecule has 1 aromatic rings. The number of ether oxygens (including phenoxy) is 1. The highest BCUT2D eigenvalue weighted by Crippen LogP contribution is 2.41. The predicted molar refractivity (Wildman–Crippen MR) is 106 cm³/mol. The molecule has 1 saturated heterocycles. The number of alkyl halides is 3. The monoisotopic (exact) mass is 442 g/mol. The lowest BCUT2D eigenvalue weighted by Crippen LogP contribution is -2.59. The maximum absolute atomic E-state index is 13.9. The van der Waals surface area contributed by atoms with Crippen LogP contribution in [-0.4, -0.2) is 68.4 Å². The fraction of sp³-hybridized carbons (Fsp3) is 0.526. The zero-order valence-electron chi connectivity index (χ0n) is 16.7. The van der Waals surface area contributed by atoms with Gasteiger partial charge in [0, 0.05) is 38.3 Å². The Morgan fingerprint density at radius 1 is 1.26 bits per heavy atom. The summed E-state index contributed by atoms with van der Waals surface area (Å²) in [6.45, 7) is 4.65. The van der Waals surface area contributed by atoms with Crippen molar-refractivity contribution >= 4 is 18.2 Å². The zero-order chi connectivity index (χ0) is 22.6. The number of primary amides is 2. The number of carbonyl (C=O) groups is 2. The van der Waals surface area contributed by atoms with Gasteiger partial charge in [0.2, 0.25) is 5.91 Å². The van der Waals surface area contributed by atoms with E-state index in [1.807, 2.05) is 0 Å². The molecule has 0 aromatic heterocycles. The van der Waals surface area contributed by atoms with Gasteiger partial charge in [0.05, 0.1) is 18.5 Å². The molecule has 12 heteroatoms. The second-order valence-corrected chi connectivity index (χ2v) is 7.40. The van der Waals surface area contributed by atoms with Crippen molar-refractivity contribution in [3.8, 4) is 5.75 Å². The fourth-order valence-corrected chi connectivity index (χ4v) is 3.86. The molecule has 0 spiro atoms. The van der Waals surface area contributed by atoms with Crippen LogP contribution in [0.2, 0.25) is 0 Å². The third-order valence-corrected chi connectivity index (χ3v) is 5.40. The minimum Gasteiger partial charge on any atom is -0.494 e. The van der Waals surface area contributed by atoms with E-state index >= 15 is 0 Å². The highest BCUT2D eigenvalue weighted by molar-refractivity contribution is 6.00. The molecule has 0 saturated carbocycles. The summed E-state index contributed by atoms with van der Waals surface area (Å²) in [7, 11) is 0. The summed E-state index contributed by atoms with van der Waals surface area (Å²) in [6, 6.07) is 1.55. The molecular weight excluding hydrogens is 417 g/mol. The largest absolute Gasteiger partial charge is 0.494 e. The number of piperazine rings is 1. The molecule has 2 atom stereocenters. The van der Waals surface area contributed by atoms with Gasteiger partial charge in [0.1, 0.15) is 5.75 Å². The molecule has 170 valence electrons. The third kappa shape index (κ3) is 4.74. The predicted octanol–water partition coefficient (Wildman–Crippen LogP) is -0.454. The molecule has 2 aliphatic rings. The van der Waals surface area contributed by atoms with E-state index in [-0.39, 0.29) is 12.4 Å². The topological polar surface area (TPSA) is 135 Å². The second-order valence-electron chi connectivity index (χ2n) is 7.40. The molecule has 0 aliphatic carbocycles. The highest BCUT2D eigenvalue weighted by atomic mass is 19.4. The number of hydrogen-bond acceptors (Lipinski definition) is 7. The lowest BCUT2D eigenvalue weighted by atomic mass is 9.79. The number of aliphatic imine (C=N–C) groups is 1. The number of rotatable bonds is 8. The standard InChI is InChI=1S/C19H25F3N6O3/c20-19(21,22)14-10-12(31-9-1-6-28-7-4-25-5-8-28)2-3-13(14)18(17(24)30)15(16(23)29)26-11-27-18/h2-3,10-11,15,25H,1,4-9H2,(H2,23,29)(H2,24,30)(H,26,27). The number of benzene rings is 1. The van der Waals surface area contributed by atoms with Crippen LogP contribution in [0.3, 0.4) is 0 Å². The van der Waals surface area contributed by atoms with Gasteiger partial charge in [-0.1, -0.05) is 6.07 Å². The van der Waals surface area contributed by atoms with Crippen LogP contribution in [-0.2, 0) is 21.3 Å². The maximum atomic E-state index is 13.9. The summed E-state index contributed by atoms with van der Waals surface area (Å²) in [5.41, 5.74) is 6.75. The van der Waals surface area contributed by atoms with Crippen molar-refractivity contribution < 1.29 is 27.5 Å². The number of hydrogen-bond donors (Lipinski definition) is 4. The van der Waals surface area contributed by atoms with Crippen LogP contribution in [0.25, 0.3) is 0 Å². The van der Waals surface area contributed by atoms with Gasteiger partial charge >= 0.3 is 6.18 Å². The van der Waals surface area contributed by atoms with E-state index in [0.29, 0.717) is 6.42 Å². The number of nitrogens with zero attached hydrogens (tertiary/aromatic N) is 2. The molecule has 2 aliphatic heterocycles. The Balaban J connectivity index is 1.81. The van der Waals surface area contributed by atoms with E-state index in [2.05, 4.69) is 20.5 Å². The van der Waals surface area contributed by atoms with Crippen LogP contribution < -0.4 is 26.8 Å². The summed E-state index contributed by atoms with van der Waals surface area (Å²) < 4.78 is 47.1. The van der Waals surface area contributed by atoms with E-state index in [1.165, 1.54) is 6.07 Å². The molecular formula is C19H25F3N6O3. The van der Waals surface area contributed by atoms with Crippen molar-refractivity contribution in [3.63, 3.8) is 0 Å². The van der Waals surface area contributed by atoms with Gasteiger partial charge in [-0.25, -0.2) is 0 Å². The molecule has 1 fully saturated rings. The first-order valence-corrected chi connectivity index (χ1v) is 9.82.